The smallest absolute Gasteiger partial charge is 0.168 e. The first-order valence-electron chi connectivity index (χ1n) is 13.6. The van der Waals surface area contributed by atoms with Crippen LogP contribution in [0.25, 0.3) is 0 Å². The van der Waals surface area contributed by atoms with Crippen molar-refractivity contribution in [2.75, 3.05) is 26.2 Å². The maximum Gasteiger partial charge on any atom is 0.168 e. The summed E-state index contributed by atoms with van der Waals surface area (Å²) < 4.78 is 0. The van der Waals surface area contributed by atoms with Crippen LogP contribution >= 0.6 is 0 Å². The number of pyridine rings is 3. The molecule has 0 unspecified atom stereocenters. The van der Waals surface area contributed by atoms with E-state index in [0.29, 0.717) is 49.8 Å². The van der Waals surface area contributed by atoms with Crippen molar-refractivity contribution in [1.82, 2.24) is 30.5 Å². The van der Waals surface area contributed by atoms with Gasteiger partial charge < -0.3 is 45.4 Å². The molecule has 14 N–H and O–H groups in total. The Balaban J connectivity index is 0.00000301. The Morgan fingerprint density at radius 1 is 0.619 bits per heavy atom. The van der Waals surface area contributed by atoms with Gasteiger partial charge in [-0.15, -0.1) is 0 Å². The number of amidine groups is 3. The minimum Gasteiger partial charge on any atom is -0.380 e. The molecule has 0 saturated heterocycles. The maximum absolute atomic E-state index is 5.85. The zero-order chi connectivity index (χ0) is 30.7. The van der Waals surface area contributed by atoms with Crippen LogP contribution in [-0.4, -0.2) is 63.5 Å². The fraction of sp³-hybridized carbons (Fsp3) is 0.333. The summed E-state index contributed by atoms with van der Waals surface area (Å²) in [5.74, 6) is 16.4. The summed E-state index contributed by atoms with van der Waals surface area (Å²) >= 11 is 0. The summed E-state index contributed by atoms with van der Waals surface area (Å²) in [6.07, 6.45) is 0. The van der Waals surface area contributed by atoms with Crippen LogP contribution in [0.3, 0.4) is 0 Å². The minimum absolute atomic E-state index is 0.182. The van der Waals surface area contributed by atoms with Gasteiger partial charge in [0.15, 0.2) is 17.5 Å². The van der Waals surface area contributed by atoms with Gasteiger partial charge in [-0.2, -0.15) is 15.3 Å². The van der Waals surface area contributed by atoms with Crippen LogP contribution in [0, 0.1) is 0 Å². The molecule has 0 amide bonds. The van der Waals surface area contributed by atoms with Crippen molar-refractivity contribution in [1.29, 1.82) is 0 Å². The van der Waals surface area contributed by atoms with E-state index in [1.165, 1.54) is 0 Å². The molecular formula is C27H43N15. The van der Waals surface area contributed by atoms with Gasteiger partial charge in [0.2, 0.25) is 0 Å². The predicted octanol–water partition coefficient (Wildman–Crippen LogP) is -0.984. The molecule has 3 aromatic heterocycles. The monoisotopic (exact) mass is 577 g/mol. The summed E-state index contributed by atoms with van der Waals surface area (Å²) in [6, 6.07) is 16.7. The van der Waals surface area contributed by atoms with Gasteiger partial charge in [-0.25, -0.2) is 15.0 Å². The SMILES string of the molecule is CC.N/N=C(\N)c1cccc(CNCCN(CCNCc2cccc(/C(N)=N/N)n2)Cc2cccc(/C(N)=N/N)n2)n1. The summed E-state index contributed by atoms with van der Waals surface area (Å²) in [5, 5.41) is 17.4. The quantitative estimate of drug-likeness (QED) is 0.0356. The first-order valence-corrected chi connectivity index (χ1v) is 13.6. The molecule has 15 nitrogen and oxygen atoms in total. The summed E-state index contributed by atoms with van der Waals surface area (Å²) in [7, 11) is 0. The van der Waals surface area contributed by atoms with Crippen molar-refractivity contribution in [3.63, 3.8) is 0 Å². The van der Waals surface area contributed by atoms with Gasteiger partial charge in [-0.1, -0.05) is 32.0 Å². The van der Waals surface area contributed by atoms with E-state index in [4.69, 9.17) is 34.7 Å². The van der Waals surface area contributed by atoms with Gasteiger partial charge >= 0.3 is 0 Å². The lowest BCUT2D eigenvalue weighted by Gasteiger charge is -2.23. The minimum atomic E-state index is 0.182. The number of nitrogens with one attached hydrogen (secondary N) is 2. The van der Waals surface area contributed by atoms with Gasteiger partial charge in [0.25, 0.3) is 0 Å². The second-order valence-corrected chi connectivity index (χ2v) is 8.72. The Morgan fingerprint density at radius 3 is 1.36 bits per heavy atom. The van der Waals surface area contributed by atoms with Crippen molar-refractivity contribution >= 4 is 17.5 Å². The first kappa shape index (κ1) is 33.3. The lowest BCUT2D eigenvalue weighted by atomic mass is 10.2. The van der Waals surface area contributed by atoms with Crippen LogP contribution < -0.4 is 45.4 Å². The molecule has 226 valence electrons. The summed E-state index contributed by atoms with van der Waals surface area (Å²) in [5.41, 5.74) is 21.5. The number of nitrogens with two attached hydrogens (primary N) is 6. The molecule has 0 saturated carbocycles. The summed E-state index contributed by atoms with van der Waals surface area (Å²) in [4.78, 5) is 15.8. The van der Waals surface area contributed by atoms with Crippen molar-refractivity contribution < 1.29 is 0 Å². The largest absolute Gasteiger partial charge is 0.380 e. The molecule has 3 aromatic rings. The number of hydrogen-bond donors (Lipinski definition) is 8. The zero-order valence-electron chi connectivity index (χ0n) is 24.2. The molecule has 3 heterocycles. The van der Waals surface area contributed by atoms with E-state index in [-0.39, 0.29) is 17.5 Å². The number of hydrogen-bond acceptors (Lipinski definition) is 12. The Morgan fingerprint density at radius 2 is 0.976 bits per heavy atom. The molecule has 0 aliphatic rings. The zero-order valence-corrected chi connectivity index (χ0v) is 24.2. The van der Waals surface area contributed by atoms with Gasteiger partial charge in [0.1, 0.15) is 17.1 Å². The molecule has 0 aliphatic heterocycles. The molecule has 42 heavy (non-hydrogen) atoms. The molecule has 0 aliphatic carbocycles. The van der Waals surface area contributed by atoms with Crippen LogP contribution in [0.4, 0.5) is 0 Å². The third-order valence-electron chi connectivity index (χ3n) is 5.83. The van der Waals surface area contributed by atoms with Crippen LogP contribution in [0.15, 0.2) is 69.9 Å². The predicted molar refractivity (Wildman–Crippen MR) is 167 cm³/mol. The fourth-order valence-electron chi connectivity index (χ4n) is 3.76. The highest BCUT2D eigenvalue weighted by molar-refractivity contribution is 5.96. The van der Waals surface area contributed by atoms with E-state index in [0.717, 1.165) is 30.2 Å². The lowest BCUT2D eigenvalue weighted by molar-refractivity contribution is 0.261. The Labute approximate surface area is 246 Å². The fourth-order valence-corrected chi connectivity index (χ4v) is 3.76. The average Bonchev–Trinajstić information content (AvgIpc) is 3.05. The maximum atomic E-state index is 5.85. The van der Waals surface area contributed by atoms with Crippen molar-refractivity contribution in [2.45, 2.75) is 33.5 Å². The highest BCUT2D eigenvalue weighted by Crippen LogP contribution is 2.05. The topological polar surface area (TPSA) is 259 Å². The lowest BCUT2D eigenvalue weighted by Crippen LogP contribution is -2.37. The first-order chi connectivity index (χ1) is 20.4. The molecule has 0 radical (unpaired) electrons. The molecule has 0 bridgehead atoms. The van der Waals surface area contributed by atoms with E-state index >= 15 is 0 Å². The molecule has 0 spiro atoms. The highest BCUT2D eigenvalue weighted by atomic mass is 15.2. The second-order valence-electron chi connectivity index (χ2n) is 8.72. The van der Waals surface area contributed by atoms with Gasteiger partial charge in [0.05, 0.1) is 17.1 Å². The molecule has 0 fully saturated rings. The highest BCUT2D eigenvalue weighted by Gasteiger charge is 2.10. The molecule has 3 rings (SSSR count). The second kappa shape index (κ2) is 18.5. The Bertz CT molecular complexity index is 1250. The van der Waals surface area contributed by atoms with Gasteiger partial charge in [0, 0.05) is 45.8 Å². The summed E-state index contributed by atoms with van der Waals surface area (Å²) in [6.45, 7) is 8.64. The van der Waals surface area contributed by atoms with E-state index in [2.05, 4.69) is 45.8 Å². The van der Waals surface area contributed by atoms with Crippen molar-refractivity contribution in [3.05, 3.63) is 88.8 Å². The Kier molecular flexibility index (Phi) is 14.7. The number of hydrazone groups is 3. The Hall–Kier alpha value is -4.86. The molecule has 0 atom stereocenters. The standard InChI is InChI=1S/C25H37N15.C2H6/c26-23(37-29)20-7-1-4-17(34-20)14-32-10-12-40(16-19-6-3-9-22(36-19)25(28)39-31)13-11-33-15-18-5-2-8-21(35-18)24(27)38-30;1-2/h1-9,32-33H,10-16,29-31H2,(H2,26,37)(H2,27,38)(H2,28,39);1-2H3. The van der Waals surface area contributed by atoms with Crippen LogP contribution in [0.1, 0.15) is 48.0 Å². The van der Waals surface area contributed by atoms with E-state index < -0.39 is 0 Å². The normalized spacial score (nSPS) is 12.2. The molecular weight excluding hydrogens is 534 g/mol. The van der Waals surface area contributed by atoms with Crippen LogP contribution in [0.2, 0.25) is 0 Å². The van der Waals surface area contributed by atoms with Gasteiger partial charge in [-0.05, 0) is 36.4 Å². The van der Waals surface area contributed by atoms with Crippen LogP contribution in [0.5, 0.6) is 0 Å². The third kappa shape index (κ3) is 11.0. The number of rotatable bonds is 15. The number of nitrogens with zero attached hydrogens (tertiary/aromatic N) is 7. The van der Waals surface area contributed by atoms with Gasteiger partial charge in [-0.3, -0.25) is 4.90 Å². The van der Waals surface area contributed by atoms with E-state index in [1.807, 2.05) is 50.2 Å². The number of aromatic nitrogens is 3. The van der Waals surface area contributed by atoms with E-state index in [1.54, 1.807) is 18.2 Å². The van der Waals surface area contributed by atoms with Crippen molar-refractivity contribution in [2.24, 2.45) is 50.0 Å². The van der Waals surface area contributed by atoms with Crippen molar-refractivity contribution in [3.8, 4) is 0 Å². The third-order valence-corrected chi connectivity index (χ3v) is 5.83. The van der Waals surface area contributed by atoms with E-state index in [9.17, 15) is 0 Å². The molecule has 0 aromatic carbocycles. The average molecular weight is 578 g/mol. The van der Waals surface area contributed by atoms with Crippen LogP contribution in [-0.2, 0) is 19.6 Å². The molecule has 15 heteroatoms.